The SMILES string of the molecule is CC(Nc1cccc(NC(=O)C2CC2)c1)C(=O)O. The van der Waals surface area contributed by atoms with Gasteiger partial charge >= 0.3 is 5.97 Å². The lowest BCUT2D eigenvalue weighted by Gasteiger charge is -2.12. The smallest absolute Gasteiger partial charge is 0.325 e. The number of amides is 1. The van der Waals surface area contributed by atoms with Crippen molar-refractivity contribution < 1.29 is 14.7 Å². The van der Waals surface area contributed by atoms with Gasteiger partial charge < -0.3 is 15.7 Å². The first kappa shape index (κ1) is 12.4. The Kier molecular flexibility index (Phi) is 3.50. The van der Waals surface area contributed by atoms with E-state index in [0.717, 1.165) is 12.8 Å². The summed E-state index contributed by atoms with van der Waals surface area (Å²) in [6.45, 7) is 1.57. The third-order valence-corrected chi connectivity index (χ3v) is 2.83. The molecule has 1 unspecified atom stereocenters. The second-order valence-electron chi connectivity index (χ2n) is 4.55. The predicted molar refractivity (Wildman–Crippen MR) is 68.5 cm³/mol. The van der Waals surface area contributed by atoms with Crippen LogP contribution in [-0.2, 0) is 9.59 Å². The van der Waals surface area contributed by atoms with Crippen molar-refractivity contribution in [1.29, 1.82) is 0 Å². The Bertz CT molecular complexity index is 469. The first-order valence-electron chi connectivity index (χ1n) is 5.96. The molecule has 1 atom stereocenters. The molecule has 1 aliphatic carbocycles. The molecule has 1 aromatic rings. The molecular formula is C13H16N2O3. The van der Waals surface area contributed by atoms with E-state index >= 15 is 0 Å². The number of carbonyl (C=O) groups excluding carboxylic acids is 1. The summed E-state index contributed by atoms with van der Waals surface area (Å²) < 4.78 is 0. The van der Waals surface area contributed by atoms with Gasteiger partial charge in [-0.3, -0.25) is 9.59 Å². The zero-order valence-electron chi connectivity index (χ0n) is 10.1. The largest absolute Gasteiger partial charge is 0.480 e. The van der Waals surface area contributed by atoms with E-state index in [1.165, 1.54) is 0 Å². The van der Waals surface area contributed by atoms with Gasteiger partial charge in [-0.1, -0.05) is 6.07 Å². The van der Waals surface area contributed by atoms with Crippen molar-refractivity contribution in [1.82, 2.24) is 0 Å². The quantitative estimate of drug-likeness (QED) is 0.744. The molecule has 0 saturated heterocycles. The van der Waals surface area contributed by atoms with E-state index in [1.807, 2.05) is 0 Å². The summed E-state index contributed by atoms with van der Waals surface area (Å²) in [6, 6.07) is 6.40. The molecule has 96 valence electrons. The van der Waals surface area contributed by atoms with Gasteiger partial charge in [-0.2, -0.15) is 0 Å². The van der Waals surface area contributed by atoms with E-state index in [1.54, 1.807) is 31.2 Å². The summed E-state index contributed by atoms with van der Waals surface area (Å²) in [6.07, 6.45) is 1.92. The molecule has 0 heterocycles. The molecule has 18 heavy (non-hydrogen) atoms. The molecule has 1 aromatic carbocycles. The Hall–Kier alpha value is -2.04. The topological polar surface area (TPSA) is 78.4 Å². The van der Waals surface area contributed by atoms with Gasteiger partial charge in [-0.05, 0) is 38.0 Å². The fourth-order valence-electron chi connectivity index (χ4n) is 1.59. The number of nitrogens with one attached hydrogen (secondary N) is 2. The highest BCUT2D eigenvalue weighted by Crippen LogP contribution is 2.30. The van der Waals surface area contributed by atoms with E-state index in [-0.39, 0.29) is 11.8 Å². The van der Waals surface area contributed by atoms with E-state index in [4.69, 9.17) is 5.11 Å². The number of carbonyl (C=O) groups is 2. The Morgan fingerprint density at radius 1 is 1.33 bits per heavy atom. The zero-order valence-corrected chi connectivity index (χ0v) is 10.1. The Balaban J connectivity index is 2.00. The summed E-state index contributed by atoms with van der Waals surface area (Å²) in [5, 5.41) is 14.5. The third kappa shape index (κ3) is 3.23. The Labute approximate surface area is 105 Å². The maximum absolute atomic E-state index is 11.6. The van der Waals surface area contributed by atoms with E-state index in [9.17, 15) is 9.59 Å². The summed E-state index contributed by atoms with van der Waals surface area (Å²) in [7, 11) is 0. The van der Waals surface area contributed by atoms with Gasteiger partial charge in [-0.15, -0.1) is 0 Å². The lowest BCUT2D eigenvalue weighted by atomic mass is 10.2. The van der Waals surface area contributed by atoms with Crippen LogP contribution in [0.25, 0.3) is 0 Å². The average Bonchev–Trinajstić information content (AvgIpc) is 3.12. The number of carboxylic acids is 1. The summed E-state index contributed by atoms with van der Waals surface area (Å²) in [5.74, 6) is -0.722. The number of anilines is 2. The van der Waals surface area contributed by atoms with Crippen LogP contribution >= 0.6 is 0 Å². The molecule has 1 fully saturated rings. The molecule has 5 nitrogen and oxygen atoms in total. The summed E-state index contributed by atoms with van der Waals surface area (Å²) in [5.41, 5.74) is 1.37. The molecule has 0 radical (unpaired) electrons. The van der Waals surface area contributed by atoms with Crippen LogP contribution in [0, 0.1) is 5.92 Å². The van der Waals surface area contributed by atoms with Crippen LogP contribution in [0.4, 0.5) is 11.4 Å². The monoisotopic (exact) mass is 248 g/mol. The third-order valence-electron chi connectivity index (χ3n) is 2.83. The molecule has 3 N–H and O–H groups in total. The predicted octanol–water partition coefficient (Wildman–Crippen LogP) is 1.92. The van der Waals surface area contributed by atoms with Gasteiger partial charge in [0.2, 0.25) is 5.91 Å². The highest BCUT2D eigenvalue weighted by molar-refractivity contribution is 5.94. The average molecular weight is 248 g/mol. The molecule has 0 bridgehead atoms. The summed E-state index contributed by atoms with van der Waals surface area (Å²) in [4.78, 5) is 22.3. The fourth-order valence-corrected chi connectivity index (χ4v) is 1.59. The lowest BCUT2D eigenvalue weighted by Crippen LogP contribution is -2.25. The Morgan fingerprint density at radius 2 is 2.00 bits per heavy atom. The maximum atomic E-state index is 11.6. The summed E-state index contributed by atoms with van der Waals surface area (Å²) >= 11 is 0. The Morgan fingerprint density at radius 3 is 2.61 bits per heavy atom. The van der Waals surface area contributed by atoms with Crippen molar-refractivity contribution in [2.45, 2.75) is 25.8 Å². The van der Waals surface area contributed by atoms with E-state index in [2.05, 4.69) is 10.6 Å². The van der Waals surface area contributed by atoms with Gasteiger partial charge in [0.05, 0.1) is 0 Å². The van der Waals surface area contributed by atoms with Crippen LogP contribution in [0.1, 0.15) is 19.8 Å². The van der Waals surface area contributed by atoms with Crippen LogP contribution in [0.2, 0.25) is 0 Å². The van der Waals surface area contributed by atoms with E-state index < -0.39 is 12.0 Å². The van der Waals surface area contributed by atoms with Crippen molar-refractivity contribution in [3.63, 3.8) is 0 Å². The highest BCUT2D eigenvalue weighted by Gasteiger charge is 2.29. The second kappa shape index (κ2) is 5.08. The van der Waals surface area contributed by atoms with Crippen LogP contribution in [0.5, 0.6) is 0 Å². The fraction of sp³-hybridized carbons (Fsp3) is 0.385. The molecule has 5 heteroatoms. The number of carboxylic acid groups (broad SMARTS) is 1. The molecule has 1 aliphatic rings. The number of aliphatic carboxylic acids is 1. The van der Waals surface area contributed by atoms with Crippen molar-refractivity contribution >= 4 is 23.3 Å². The number of benzene rings is 1. The molecular weight excluding hydrogens is 232 g/mol. The molecule has 2 rings (SSSR count). The van der Waals surface area contributed by atoms with Crippen molar-refractivity contribution in [2.24, 2.45) is 5.92 Å². The maximum Gasteiger partial charge on any atom is 0.325 e. The van der Waals surface area contributed by atoms with Crippen LogP contribution in [-0.4, -0.2) is 23.0 Å². The van der Waals surface area contributed by atoms with Crippen molar-refractivity contribution in [3.8, 4) is 0 Å². The van der Waals surface area contributed by atoms with Crippen LogP contribution in [0.3, 0.4) is 0 Å². The number of hydrogen-bond donors (Lipinski definition) is 3. The minimum atomic E-state index is -0.914. The number of rotatable bonds is 5. The van der Waals surface area contributed by atoms with Gasteiger partial charge in [0.15, 0.2) is 0 Å². The van der Waals surface area contributed by atoms with Gasteiger partial charge in [0, 0.05) is 17.3 Å². The minimum Gasteiger partial charge on any atom is -0.480 e. The minimum absolute atomic E-state index is 0.0402. The highest BCUT2D eigenvalue weighted by atomic mass is 16.4. The van der Waals surface area contributed by atoms with Gasteiger partial charge in [0.25, 0.3) is 0 Å². The molecule has 1 amide bonds. The molecule has 0 aromatic heterocycles. The van der Waals surface area contributed by atoms with Gasteiger partial charge in [-0.25, -0.2) is 0 Å². The van der Waals surface area contributed by atoms with E-state index in [0.29, 0.717) is 11.4 Å². The first-order chi connectivity index (χ1) is 8.56. The lowest BCUT2D eigenvalue weighted by molar-refractivity contribution is -0.137. The molecule has 1 saturated carbocycles. The van der Waals surface area contributed by atoms with Crippen LogP contribution < -0.4 is 10.6 Å². The van der Waals surface area contributed by atoms with Crippen molar-refractivity contribution in [3.05, 3.63) is 24.3 Å². The number of hydrogen-bond acceptors (Lipinski definition) is 3. The van der Waals surface area contributed by atoms with Crippen LogP contribution in [0.15, 0.2) is 24.3 Å². The standard InChI is InChI=1S/C13H16N2O3/c1-8(13(17)18)14-10-3-2-4-11(7-10)15-12(16)9-5-6-9/h2-4,7-9,14H,5-6H2,1H3,(H,15,16)(H,17,18). The van der Waals surface area contributed by atoms with Gasteiger partial charge in [0.1, 0.15) is 6.04 Å². The zero-order chi connectivity index (χ0) is 13.1. The molecule has 0 aliphatic heterocycles. The second-order valence-corrected chi connectivity index (χ2v) is 4.55. The first-order valence-corrected chi connectivity index (χ1v) is 5.96. The normalized spacial score (nSPS) is 15.8. The van der Waals surface area contributed by atoms with Crippen molar-refractivity contribution in [2.75, 3.05) is 10.6 Å². The molecule has 0 spiro atoms.